The third-order valence-electron chi connectivity index (χ3n) is 3.09. The van der Waals surface area contributed by atoms with Gasteiger partial charge in [0.2, 0.25) is 0 Å². The Bertz CT molecular complexity index is 718. The molecular weight excluding hydrogens is 297 g/mol. The fraction of sp³-hybridized carbons (Fsp3) is 0.357. The largest absolute Gasteiger partial charge is 0.384 e. The number of rotatable bonds is 2. The summed E-state index contributed by atoms with van der Waals surface area (Å²) in [5, 5.41) is 11.1. The van der Waals surface area contributed by atoms with Gasteiger partial charge in [0.15, 0.2) is 9.84 Å². The van der Waals surface area contributed by atoms with Crippen molar-refractivity contribution in [3.05, 3.63) is 35.1 Å². The van der Waals surface area contributed by atoms with Gasteiger partial charge in [-0.2, -0.15) is 0 Å². The summed E-state index contributed by atoms with van der Waals surface area (Å²) in [5.74, 6) is 3.46. The molecule has 0 radical (unpaired) electrons. The van der Waals surface area contributed by atoms with Gasteiger partial charge in [-0.05, 0) is 24.6 Å². The van der Waals surface area contributed by atoms with Gasteiger partial charge in [0.1, 0.15) is 12.4 Å². The number of nitrogens with one attached hydrogen (secondary N) is 1. The van der Waals surface area contributed by atoms with Crippen molar-refractivity contribution in [2.24, 2.45) is 0 Å². The van der Waals surface area contributed by atoms with Crippen LogP contribution in [0.5, 0.6) is 0 Å². The summed E-state index contributed by atoms with van der Waals surface area (Å²) in [5.41, 5.74) is 0.190. The number of sulfone groups is 1. The number of aliphatic hydroxyl groups is 1. The molecule has 7 heteroatoms. The van der Waals surface area contributed by atoms with Gasteiger partial charge in [-0.3, -0.25) is 4.79 Å². The van der Waals surface area contributed by atoms with E-state index in [0.717, 1.165) is 6.07 Å². The van der Waals surface area contributed by atoms with Crippen molar-refractivity contribution in [1.82, 2.24) is 5.32 Å². The summed E-state index contributed by atoms with van der Waals surface area (Å²) in [7, 11) is -3.10. The normalized spacial score (nSPS) is 19.6. The first-order chi connectivity index (χ1) is 9.91. The van der Waals surface area contributed by atoms with Gasteiger partial charge >= 0.3 is 0 Å². The second-order valence-corrected chi connectivity index (χ2v) is 6.96. The molecular formula is C14H14FNO4S. The van der Waals surface area contributed by atoms with E-state index in [2.05, 4.69) is 17.2 Å². The molecule has 1 aliphatic rings. The van der Waals surface area contributed by atoms with Crippen LogP contribution in [0.4, 0.5) is 4.39 Å². The van der Waals surface area contributed by atoms with E-state index in [1.165, 1.54) is 12.1 Å². The van der Waals surface area contributed by atoms with Gasteiger partial charge in [0, 0.05) is 11.6 Å². The monoisotopic (exact) mass is 311 g/mol. The number of benzene rings is 1. The number of aliphatic hydroxyl groups excluding tert-OH is 1. The Balaban J connectivity index is 2.09. The second-order valence-electron chi connectivity index (χ2n) is 4.73. The van der Waals surface area contributed by atoms with Crippen molar-refractivity contribution < 1.29 is 22.7 Å². The Morgan fingerprint density at radius 3 is 2.81 bits per heavy atom. The molecule has 1 atom stereocenters. The number of hydrogen-bond acceptors (Lipinski definition) is 4. The standard InChI is InChI=1S/C14H14FNO4S/c15-13-8-10(2-1-6-17)3-4-12(13)14(18)16-11-5-7-21(19,20)9-11/h3-4,8,11,17H,5-7,9H2,(H,16,18). The molecule has 0 saturated carbocycles. The highest BCUT2D eigenvalue weighted by molar-refractivity contribution is 7.91. The lowest BCUT2D eigenvalue weighted by molar-refractivity contribution is 0.0937. The highest BCUT2D eigenvalue weighted by Crippen LogP contribution is 2.14. The summed E-state index contributed by atoms with van der Waals surface area (Å²) in [4.78, 5) is 11.9. The first kappa shape index (κ1) is 15.5. The molecule has 2 N–H and O–H groups in total. The first-order valence-electron chi connectivity index (χ1n) is 6.32. The number of carbonyl (C=O) groups excluding carboxylic acids is 1. The lowest BCUT2D eigenvalue weighted by Gasteiger charge is -2.11. The summed E-state index contributed by atoms with van der Waals surface area (Å²) in [6.07, 6.45) is 0.343. The molecule has 0 aliphatic carbocycles. The topological polar surface area (TPSA) is 83.5 Å². The third-order valence-corrected chi connectivity index (χ3v) is 4.86. The summed E-state index contributed by atoms with van der Waals surface area (Å²) in [6.45, 7) is -0.333. The Kier molecular flexibility index (Phi) is 4.60. The zero-order chi connectivity index (χ0) is 15.5. The van der Waals surface area contributed by atoms with E-state index >= 15 is 0 Å². The summed E-state index contributed by atoms with van der Waals surface area (Å²) >= 11 is 0. The molecule has 2 rings (SSSR count). The van der Waals surface area contributed by atoms with Gasteiger partial charge in [0.05, 0.1) is 17.1 Å². The molecule has 5 nitrogen and oxygen atoms in total. The van der Waals surface area contributed by atoms with Gasteiger partial charge < -0.3 is 10.4 Å². The molecule has 112 valence electrons. The van der Waals surface area contributed by atoms with Crippen molar-refractivity contribution in [1.29, 1.82) is 0 Å². The maximum atomic E-state index is 13.8. The highest BCUT2D eigenvalue weighted by Gasteiger charge is 2.29. The molecule has 1 aliphatic heterocycles. The van der Waals surface area contributed by atoms with E-state index in [1.807, 2.05) is 0 Å². The maximum absolute atomic E-state index is 13.8. The van der Waals surface area contributed by atoms with Crippen LogP contribution in [-0.2, 0) is 9.84 Å². The van der Waals surface area contributed by atoms with Crippen LogP contribution in [0.1, 0.15) is 22.3 Å². The number of halogens is 1. The van der Waals surface area contributed by atoms with Crippen molar-refractivity contribution in [2.75, 3.05) is 18.1 Å². The predicted molar refractivity (Wildman–Crippen MR) is 74.9 cm³/mol. The quantitative estimate of drug-likeness (QED) is 0.758. The van der Waals surface area contributed by atoms with Crippen LogP contribution in [-0.4, -0.2) is 43.6 Å². The minimum Gasteiger partial charge on any atom is -0.384 e. The SMILES string of the molecule is O=C(NC1CCS(=O)(=O)C1)c1ccc(C#CCO)cc1F. The van der Waals surface area contributed by atoms with Crippen LogP contribution >= 0.6 is 0 Å². The minimum atomic E-state index is -3.10. The van der Waals surface area contributed by atoms with Crippen LogP contribution in [0, 0.1) is 17.7 Å². The molecule has 1 saturated heterocycles. The predicted octanol–water partition coefficient (Wildman–Crippen LogP) is 0.0864. The first-order valence-corrected chi connectivity index (χ1v) is 8.14. The Labute approximate surface area is 122 Å². The van der Waals surface area contributed by atoms with Crippen molar-refractivity contribution in [2.45, 2.75) is 12.5 Å². The molecule has 1 aromatic carbocycles. The number of hydrogen-bond donors (Lipinski definition) is 2. The molecule has 1 unspecified atom stereocenters. The molecule has 1 heterocycles. The molecule has 0 spiro atoms. The van der Waals surface area contributed by atoms with E-state index in [4.69, 9.17) is 5.11 Å². The van der Waals surface area contributed by atoms with E-state index in [9.17, 15) is 17.6 Å². The Morgan fingerprint density at radius 1 is 1.48 bits per heavy atom. The van der Waals surface area contributed by atoms with E-state index < -0.39 is 27.6 Å². The molecule has 1 aromatic rings. The smallest absolute Gasteiger partial charge is 0.254 e. The Morgan fingerprint density at radius 2 is 2.24 bits per heavy atom. The molecule has 1 fully saturated rings. The number of amides is 1. The highest BCUT2D eigenvalue weighted by atomic mass is 32.2. The average Bonchev–Trinajstić information content (AvgIpc) is 2.75. The van der Waals surface area contributed by atoms with Crippen molar-refractivity contribution >= 4 is 15.7 Å². The van der Waals surface area contributed by atoms with Crippen LogP contribution in [0.3, 0.4) is 0 Å². The average molecular weight is 311 g/mol. The van der Waals surface area contributed by atoms with Crippen molar-refractivity contribution in [3.63, 3.8) is 0 Å². The zero-order valence-electron chi connectivity index (χ0n) is 11.1. The van der Waals surface area contributed by atoms with Crippen LogP contribution < -0.4 is 5.32 Å². The van der Waals surface area contributed by atoms with Crippen LogP contribution in [0.2, 0.25) is 0 Å². The minimum absolute atomic E-state index is 0.0378. The van der Waals surface area contributed by atoms with Gasteiger partial charge in [-0.15, -0.1) is 0 Å². The third kappa shape index (κ3) is 4.03. The fourth-order valence-corrected chi connectivity index (χ4v) is 3.76. The van der Waals surface area contributed by atoms with E-state index in [1.54, 1.807) is 0 Å². The van der Waals surface area contributed by atoms with Gasteiger partial charge in [-0.1, -0.05) is 11.8 Å². The lowest BCUT2D eigenvalue weighted by atomic mass is 10.1. The summed E-state index contributed by atoms with van der Waals surface area (Å²) < 4.78 is 36.5. The number of carbonyl (C=O) groups is 1. The van der Waals surface area contributed by atoms with Crippen LogP contribution in [0.25, 0.3) is 0 Å². The van der Waals surface area contributed by atoms with Gasteiger partial charge in [-0.25, -0.2) is 12.8 Å². The zero-order valence-corrected chi connectivity index (χ0v) is 11.9. The summed E-state index contributed by atoms with van der Waals surface area (Å²) in [6, 6.07) is 3.38. The van der Waals surface area contributed by atoms with Crippen LogP contribution in [0.15, 0.2) is 18.2 Å². The lowest BCUT2D eigenvalue weighted by Crippen LogP contribution is -2.36. The molecule has 21 heavy (non-hydrogen) atoms. The van der Waals surface area contributed by atoms with Crippen molar-refractivity contribution in [3.8, 4) is 11.8 Å². The molecule has 0 aromatic heterocycles. The Hall–Kier alpha value is -1.91. The van der Waals surface area contributed by atoms with E-state index in [-0.39, 0.29) is 23.7 Å². The maximum Gasteiger partial charge on any atom is 0.254 e. The second kappa shape index (κ2) is 6.24. The molecule has 0 bridgehead atoms. The van der Waals surface area contributed by atoms with Gasteiger partial charge in [0.25, 0.3) is 5.91 Å². The fourth-order valence-electron chi connectivity index (χ4n) is 2.09. The molecule has 1 amide bonds. The van der Waals surface area contributed by atoms with E-state index in [0.29, 0.717) is 12.0 Å².